The molecular formula is C35H45N3O7. The van der Waals surface area contributed by atoms with Crippen LogP contribution in [-0.4, -0.2) is 94.2 Å². The van der Waals surface area contributed by atoms with Crippen LogP contribution in [0.1, 0.15) is 67.3 Å². The van der Waals surface area contributed by atoms with E-state index in [0.29, 0.717) is 73.8 Å². The molecule has 10 nitrogen and oxygen atoms in total. The van der Waals surface area contributed by atoms with Gasteiger partial charge in [-0.3, -0.25) is 14.6 Å². The molecule has 242 valence electrons. The first-order valence-electron chi connectivity index (χ1n) is 16.1. The van der Waals surface area contributed by atoms with Gasteiger partial charge in [0.25, 0.3) is 5.91 Å². The first-order chi connectivity index (χ1) is 22.1. The summed E-state index contributed by atoms with van der Waals surface area (Å²) < 4.78 is 28.4. The van der Waals surface area contributed by atoms with Gasteiger partial charge < -0.3 is 33.5 Å². The average Bonchev–Trinajstić information content (AvgIpc) is 3.51. The zero-order valence-electron chi connectivity index (χ0n) is 26.5. The number of methoxy groups -OCH3 is 2. The minimum absolute atomic E-state index is 0.00993. The topological polar surface area (TPSA) is 99.1 Å². The normalized spacial score (nSPS) is 17.6. The zero-order valence-corrected chi connectivity index (χ0v) is 26.5. The fourth-order valence-electron chi connectivity index (χ4n) is 5.86. The van der Waals surface area contributed by atoms with E-state index in [4.69, 9.17) is 23.7 Å². The van der Waals surface area contributed by atoms with Crippen molar-refractivity contribution in [3.63, 3.8) is 0 Å². The Hall–Kier alpha value is -4.05. The molecule has 2 aromatic rings. The Morgan fingerprint density at radius 3 is 2.31 bits per heavy atom. The highest BCUT2D eigenvalue weighted by Crippen LogP contribution is 2.38. The van der Waals surface area contributed by atoms with Crippen LogP contribution >= 0.6 is 0 Å². The summed E-state index contributed by atoms with van der Waals surface area (Å²) in [6, 6.07) is 9.39. The molecule has 3 aliphatic rings. The molecule has 2 saturated heterocycles. The summed E-state index contributed by atoms with van der Waals surface area (Å²) in [6.45, 7) is 4.39. The van der Waals surface area contributed by atoms with Gasteiger partial charge >= 0.3 is 0 Å². The highest BCUT2D eigenvalue weighted by molar-refractivity contribution is 6.03. The van der Waals surface area contributed by atoms with Crippen LogP contribution in [0.15, 0.2) is 41.4 Å². The van der Waals surface area contributed by atoms with Crippen molar-refractivity contribution in [2.24, 2.45) is 4.99 Å². The molecule has 0 spiro atoms. The van der Waals surface area contributed by atoms with Gasteiger partial charge in [-0.2, -0.15) is 0 Å². The Morgan fingerprint density at radius 1 is 0.889 bits per heavy atom. The van der Waals surface area contributed by atoms with E-state index in [9.17, 15) is 9.59 Å². The van der Waals surface area contributed by atoms with E-state index >= 15 is 0 Å². The van der Waals surface area contributed by atoms with Gasteiger partial charge in [-0.05, 0) is 55.5 Å². The Kier molecular flexibility index (Phi) is 11.7. The maximum absolute atomic E-state index is 13.0. The van der Waals surface area contributed by atoms with Gasteiger partial charge in [0.15, 0.2) is 23.0 Å². The molecule has 0 bridgehead atoms. The first-order valence-corrected chi connectivity index (χ1v) is 16.1. The third-order valence-corrected chi connectivity index (χ3v) is 8.44. The van der Waals surface area contributed by atoms with Crippen molar-refractivity contribution in [3.8, 4) is 23.0 Å². The van der Waals surface area contributed by atoms with Gasteiger partial charge in [0.05, 0.1) is 57.9 Å². The van der Waals surface area contributed by atoms with E-state index in [1.54, 1.807) is 37.3 Å². The SMILES string of the molecule is COc1cc(/C=C/C(=O)N2CCOCC2)ccc1OCCCCCCCCOc1cc2c(cc1OC)C(=O)N1CCC[C@H]1C=N2. The molecule has 0 unspecified atom stereocenters. The molecule has 3 heterocycles. The molecule has 45 heavy (non-hydrogen) atoms. The number of amides is 2. The molecule has 0 aromatic heterocycles. The molecule has 10 heteroatoms. The number of morpholine rings is 1. The predicted octanol–water partition coefficient (Wildman–Crippen LogP) is 5.69. The molecule has 2 amide bonds. The summed E-state index contributed by atoms with van der Waals surface area (Å²) in [7, 11) is 3.22. The summed E-state index contributed by atoms with van der Waals surface area (Å²) in [5.74, 6) is 2.55. The molecule has 0 radical (unpaired) electrons. The number of fused-ring (bicyclic) bond motifs is 2. The second kappa shape index (κ2) is 16.3. The maximum atomic E-state index is 13.0. The predicted molar refractivity (Wildman–Crippen MR) is 173 cm³/mol. The molecule has 1 atom stereocenters. The van der Waals surface area contributed by atoms with Crippen molar-refractivity contribution in [2.45, 2.75) is 57.4 Å². The summed E-state index contributed by atoms with van der Waals surface area (Å²) in [5.41, 5.74) is 2.10. The lowest BCUT2D eigenvalue weighted by Crippen LogP contribution is -2.39. The van der Waals surface area contributed by atoms with E-state index in [2.05, 4.69) is 4.99 Å². The molecule has 0 saturated carbocycles. The minimum atomic E-state index is -0.00993. The quantitative estimate of drug-likeness (QED) is 0.186. The molecule has 5 rings (SSSR count). The third-order valence-electron chi connectivity index (χ3n) is 8.44. The second-order valence-corrected chi connectivity index (χ2v) is 11.5. The lowest BCUT2D eigenvalue weighted by atomic mass is 10.1. The number of carbonyl (C=O) groups excluding carboxylic acids is 2. The van der Waals surface area contributed by atoms with Crippen LogP contribution in [0.3, 0.4) is 0 Å². The molecule has 2 aromatic carbocycles. The van der Waals surface area contributed by atoms with Gasteiger partial charge in [-0.25, -0.2) is 0 Å². The minimum Gasteiger partial charge on any atom is -0.493 e. The van der Waals surface area contributed by atoms with Gasteiger partial charge in [-0.15, -0.1) is 0 Å². The van der Waals surface area contributed by atoms with E-state index in [-0.39, 0.29) is 17.9 Å². The first kappa shape index (κ1) is 32.3. The summed E-state index contributed by atoms with van der Waals surface area (Å²) in [4.78, 5) is 33.7. The van der Waals surface area contributed by atoms with E-state index in [1.807, 2.05) is 35.4 Å². The fourth-order valence-corrected chi connectivity index (χ4v) is 5.86. The Morgan fingerprint density at radius 2 is 1.58 bits per heavy atom. The summed E-state index contributed by atoms with van der Waals surface area (Å²) >= 11 is 0. The molecular weight excluding hydrogens is 574 g/mol. The van der Waals surface area contributed by atoms with Gasteiger partial charge in [-0.1, -0.05) is 31.7 Å². The van der Waals surface area contributed by atoms with Crippen molar-refractivity contribution in [3.05, 3.63) is 47.5 Å². The molecule has 0 N–H and O–H groups in total. The summed E-state index contributed by atoms with van der Waals surface area (Å²) in [6.07, 6.45) is 13.5. The summed E-state index contributed by atoms with van der Waals surface area (Å²) in [5, 5.41) is 0. The van der Waals surface area contributed by atoms with E-state index < -0.39 is 0 Å². The molecule has 2 fully saturated rings. The lowest BCUT2D eigenvalue weighted by Gasteiger charge is -2.25. The van der Waals surface area contributed by atoms with Crippen LogP contribution < -0.4 is 18.9 Å². The Balaban J connectivity index is 0.974. The van der Waals surface area contributed by atoms with Crippen molar-refractivity contribution in [1.82, 2.24) is 9.80 Å². The van der Waals surface area contributed by atoms with Crippen molar-refractivity contribution < 1.29 is 33.3 Å². The number of benzene rings is 2. The average molecular weight is 620 g/mol. The smallest absolute Gasteiger partial charge is 0.256 e. The van der Waals surface area contributed by atoms with Crippen LogP contribution in [0.2, 0.25) is 0 Å². The number of unbranched alkanes of at least 4 members (excludes halogenated alkanes) is 5. The highest BCUT2D eigenvalue weighted by Gasteiger charge is 2.32. The van der Waals surface area contributed by atoms with Crippen LogP contribution in [0.4, 0.5) is 5.69 Å². The number of rotatable bonds is 15. The lowest BCUT2D eigenvalue weighted by molar-refractivity contribution is -0.129. The third kappa shape index (κ3) is 8.57. The largest absolute Gasteiger partial charge is 0.493 e. The molecule has 3 aliphatic heterocycles. The van der Waals surface area contributed by atoms with Crippen LogP contribution in [0.5, 0.6) is 23.0 Å². The maximum Gasteiger partial charge on any atom is 0.256 e. The molecule has 0 aliphatic carbocycles. The van der Waals surface area contributed by atoms with Crippen LogP contribution in [0, 0.1) is 0 Å². The number of carbonyl (C=O) groups is 2. The van der Waals surface area contributed by atoms with Gasteiger partial charge in [0, 0.05) is 38.0 Å². The number of nitrogens with zero attached hydrogens (tertiary/aromatic N) is 3. The van der Waals surface area contributed by atoms with Crippen molar-refractivity contribution >= 4 is 29.8 Å². The Bertz CT molecular complexity index is 1370. The number of aliphatic imine (C=N–C) groups is 1. The van der Waals surface area contributed by atoms with Gasteiger partial charge in [0.2, 0.25) is 5.91 Å². The van der Waals surface area contributed by atoms with Gasteiger partial charge in [0.1, 0.15) is 0 Å². The zero-order chi connectivity index (χ0) is 31.4. The monoisotopic (exact) mass is 619 g/mol. The second-order valence-electron chi connectivity index (χ2n) is 11.5. The fraction of sp³-hybridized carbons (Fsp3) is 0.514. The standard InChI is InChI=1S/C35H45N3O7/c1-41-31-22-26(12-14-34(39)37-16-20-43-21-17-37)11-13-30(31)44-18-7-5-3-4-6-8-19-45-33-24-29-28(23-32(33)42-2)35(40)38-15-9-10-27(38)25-36-29/h11-14,22-25,27H,3-10,15-21H2,1-2H3/b14-12+/t27-/m0/s1. The van der Waals surface area contributed by atoms with Crippen molar-refractivity contribution in [1.29, 1.82) is 0 Å². The number of hydrogen-bond acceptors (Lipinski definition) is 8. The van der Waals surface area contributed by atoms with E-state index in [1.165, 1.54) is 0 Å². The Labute approximate surface area is 265 Å². The van der Waals surface area contributed by atoms with Crippen LogP contribution in [-0.2, 0) is 9.53 Å². The number of hydrogen-bond donors (Lipinski definition) is 0. The highest BCUT2D eigenvalue weighted by atomic mass is 16.5. The van der Waals surface area contributed by atoms with Crippen molar-refractivity contribution in [2.75, 3.05) is 60.3 Å². The van der Waals surface area contributed by atoms with E-state index in [0.717, 1.165) is 63.5 Å². The van der Waals surface area contributed by atoms with Crippen LogP contribution in [0.25, 0.3) is 6.08 Å². The number of ether oxygens (including phenoxy) is 5.